The molecule has 0 spiro atoms. The zero-order valence-electron chi connectivity index (χ0n) is 14.9. The lowest BCUT2D eigenvalue weighted by molar-refractivity contribution is -0.142. The summed E-state index contributed by atoms with van der Waals surface area (Å²) < 4.78 is 10.9. The number of carbonyl (C=O) groups excluding carboxylic acids is 3. The molecule has 1 saturated heterocycles. The van der Waals surface area contributed by atoms with Crippen molar-refractivity contribution >= 4 is 57.5 Å². The molecule has 0 unspecified atom stereocenters. The van der Waals surface area contributed by atoms with Crippen LogP contribution in [0.1, 0.15) is 11.1 Å². The molecule has 0 aliphatic carbocycles. The molecular weight excluding hydrogens is 493 g/mol. The van der Waals surface area contributed by atoms with E-state index in [1.54, 1.807) is 30.3 Å². The van der Waals surface area contributed by atoms with Gasteiger partial charge in [-0.25, -0.2) is 4.79 Å². The highest BCUT2D eigenvalue weighted by Crippen LogP contribution is 2.33. The van der Waals surface area contributed by atoms with Crippen LogP contribution in [0.15, 0.2) is 53.4 Å². The monoisotopic (exact) mass is 509 g/mol. The second kappa shape index (κ2) is 9.24. The minimum absolute atomic E-state index is 0.173. The molecule has 1 aliphatic rings. The summed E-state index contributed by atoms with van der Waals surface area (Å²) in [5.41, 5.74) is 1.65. The van der Waals surface area contributed by atoms with Gasteiger partial charge in [-0.2, -0.15) is 0 Å². The number of ether oxygens (including phenoxy) is 2. The molecule has 144 valence electrons. The molecule has 2 aromatic carbocycles. The van der Waals surface area contributed by atoms with E-state index in [1.807, 2.05) is 24.3 Å². The Kier molecular flexibility index (Phi) is 6.74. The molecule has 1 aliphatic heterocycles. The van der Waals surface area contributed by atoms with Crippen LogP contribution in [0.25, 0.3) is 6.08 Å². The highest BCUT2D eigenvalue weighted by Gasteiger charge is 2.34. The fraction of sp³-hybridized carbons (Fsp3) is 0.150. The summed E-state index contributed by atoms with van der Waals surface area (Å²) >= 11 is 3.13. The number of imide groups is 1. The highest BCUT2D eigenvalue weighted by molar-refractivity contribution is 14.1. The zero-order valence-corrected chi connectivity index (χ0v) is 17.9. The second-order valence-corrected chi connectivity index (χ2v) is 8.07. The molecule has 1 fully saturated rings. The molecule has 0 N–H and O–H groups in total. The van der Waals surface area contributed by atoms with Gasteiger partial charge >= 0.3 is 5.97 Å². The summed E-state index contributed by atoms with van der Waals surface area (Å²) in [6.45, 7) is 0.0759. The molecule has 0 saturated carbocycles. The zero-order chi connectivity index (χ0) is 20.1. The van der Waals surface area contributed by atoms with Crippen LogP contribution in [0.5, 0.6) is 5.75 Å². The summed E-state index contributed by atoms with van der Waals surface area (Å²) in [4.78, 5) is 37.6. The number of thioether (sulfide) groups is 1. The van der Waals surface area contributed by atoms with E-state index >= 15 is 0 Å². The van der Waals surface area contributed by atoms with Crippen molar-refractivity contribution in [2.24, 2.45) is 0 Å². The van der Waals surface area contributed by atoms with Gasteiger partial charge in [-0.3, -0.25) is 14.5 Å². The van der Waals surface area contributed by atoms with Crippen molar-refractivity contribution in [1.82, 2.24) is 4.90 Å². The maximum absolute atomic E-state index is 12.6. The van der Waals surface area contributed by atoms with Gasteiger partial charge < -0.3 is 9.47 Å². The molecule has 0 radical (unpaired) electrons. The van der Waals surface area contributed by atoms with Crippen LogP contribution in [0.3, 0.4) is 0 Å². The van der Waals surface area contributed by atoms with E-state index in [4.69, 9.17) is 4.74 Å². The minimum atomic E-state index is -0.467. The SMILES string of the molecule is COC(=O)COc1ccc(/C=C2\SC(=O)N(Cc3ccc(I)cc3)C2=O)cc1. The maximum Gasteiger partial charge on any atom is 0.343 e. The van der Waals surface area contributed by atoms with Gasteiger partial charge in [0.05, 0.1) is 18.6 Å². The molecule has 0 aromatic heterocycles. The van der Waals surface area contributed by atoms with E-state index in [-0.39, 0.29) is 24.3 Å². The van der Waals surface area contributed by atoms with Crippen LogP contribution in [0.4, 0.5) is 4.79 Å². The first-order valence-electron chi connectivity index (χ1n) is 8.26. The van der Waals surface area contributed by atoms with Gasteiger partial charge in [0.1, 0.15) is 5.75 Å². The lowest BCUT2D eigenvalue weighted by atomic mass is 10.2. The summed E-state index contributed by atoms with van der Waals surface area (Å²) in [6.07, 6.45) is 1.67. The molecule has 0 atom stereocenters. The minimum Gasteiger partial charge on any atom is -0.482 e. The fourth-order valence-electron chi connectivity index (χ4n) is 2.42. The van der Waals surface area contributed by atoms with Gasteiger partial charge in [-0.1, -0.05) is 24.3 Å². The predicted octanol–water partition coefficient (Wildman–Crippen LogP) is 4.08. The van der Waals surface area contributed by atoms with Crippen molar-refractivity contribution in [3.8, 4) is 5.75 Å². The van der Waals surface area contributed by atoms with Crippen molar-refractivity contribution in [2.75, 3.05) is 13.7 Å². The number of hydrogen-bond donors (Lipinski definition) is 0. The number of rotatable bonds is 6. The van der Waals surface area contributed by atoms with Gasteiger partial charge in [-0.05, 0) is 75.8 Å². The van der Waals surface area contributed by atoms with Crippen molar-refractivity contribution < 1.29 is 23.9 Å². The first kappa shape index (κ1) is 20.4. The van der Waals surface area contributed by atoms with Gasteiger partial charge in [0.2, 0.25) is 0 Å². The van der Waals surface area contributed by atoms with Gasteiger partial charge in [0.25, 0.3) is 11.1 Å². The Balaban J connectivity index is 1.67. The number of benzene rings is 2. The maximum atomic E-state index is 12.6. The number of amides is 2. The van der Waals surface area contributed by atoms with Crippen molar-refractivity contribution in [1.29, 1.82) is 0 Å². The molecule has 28 heavy (non-hydrogen) atoms. The van der Waals surface area contributed by atoms with E-state index in [1.165, 1.54) is 12.0 Å². The van der Waals surface area contributed by atoms with Crippen LogP contribution in [0, 0.1) is 3.57 Å². The van der Waals surface area contributed by atoms with Crippen LogP contribution < -0.4 is 4.74 Å². The summed E-state index contributed by atoms with van der Waals surface area (Å²) in [6, 6.07) is 14.6. The Bertz CT molecular complexity index is 925. The quantitative estimate of drug-likeness (QED) is 0.332. The average molecular weight is 509 g/mol. The topological polar surface area (TPSA) is 72.9 Å². The molecule has 0 bridgehead atoms. The van der Waals surface area contributed by atoms with Crippen molar-refractivity contribution in [3.05, 3.63) is 68.1 Å². The Morgan fingerprint density at radius 2 is 1.79 bits per heavy atom. The van der Waals surface area contributed by atoms with Gasteiger partial charge in [0, 0.05) is 3.57 Å². The highest BCUT2D eigenvalue weighted by atomic mass is 127. The second-order valence-electron chi connectivity index (χ2n) is 5.83. The third-order valence-corrected chi connectivity index (χ3v) is 5.52. The molecular formula is C20H16INO5S. The first-order valence-corrected chi connectivity index (χ1v) is 10.2. The Morgan fingerprint density at radius 1 is 1.11 bits per heavy atom. The first-order chi connectivity index (χ1) is 13.5. The molecule has 2 amide bonds. The molecule has 8 heteroatoms. The summed E-state index contributed by atoms with van der Waals surface area (Å²) in [7, 11) is 1.29. The lowest BCUT2D eigenvalue weighted by Crippen LogP contribution is -2.27. The van der Waals surface area contributed by atoms with E-state index in [0.717, 1.165) is 26.5 Å². The van der Waals surface area contributed by atoms with Gasteiger partial charge in [0.15, 0.2) is 6.61 Å². The van der Waals surface area contributed by atoms with E-state index in [2.05, 4.69) is 27.3 Å². The molecule has 3 rings (SSSR count). The van der Waals surface area contributed by atoms with E-state index in [9.17, 15) is 14.4 Å². The van der Waals surface area contributed by atoms with Crippen LogP contribution in [0.2, 0.25) is 0 Å². The number of carbonyl (C=O) groups is 3. The van der Waals surface area contributed by atoms with E-state index in [0.29, 0.717) is 10.7 Å². The summed E-state index contributed by atoms with van der Waals surface area (Å²) in [5, 5.41) is -0.284. The van der Waals surface area contributed by atoms with Crippen LogP contribution in [-0.4, -0.2) is 35.7 Å². The molecule has 6 nitrogen and oxygen atoms in total. The number of hydrogen-bond acceptors (Lipinski definition) is 6. The summed E-state index contributed by atoms with van der Waals surface area (Å²) in [5.74, 6) is -0.264. The normalized spacial score (nSPS) is 15.2. The third-order valence-electron chi connectivity index (χ3n) is 3.89. The lowest BCUT2D eigenvalue weighted by Gasteiger charge is -2.12. The Morgan fingerprint density at radius 3 is 2.43 bits per heavy atom. The van der Waals surface area contributed by atoms with Crippen LogP contribution in [-0.2, 0) is 20.9 Å². The number of methoxy groups -OCH3 is 1. The van der Waals surface area contributed by atoms with Crippen LogP contribution >= 0.6 is 34.4 Å². The third kappa shape index (κ3) is 5.14. The Hall–Kier alpha value is -2.33. The Labute approximate surface area is 180 Å². The number of nitrogens with zero attached hydrogens (tertiary/aromatic N) is 1. The molecule has 1 heterocycles. The smallest absolute Gasteiger partial charge is 0.343 e. The van der Waals surface area contributed by atoms with Crippen molar-refractivity contribution in [3.63, 3.8) is 0 Å². The van der Waals surface area contributed by atoms with Crippen molar-refractivity contribution in [2.45, 2.75) is 6.54 Å². The number of esters is 1. The fourth-order valence-corrected chi connectivity index (χ4v) is 3.62. The largest absolute Gasteiger partial charge is 0.482 e. The standard InChI is InChI=1S/C20H16INO5S/c1-26-18(23)12-27-16-8-4-13(5-9-16)10-17-19(24)22(20(25)28-17)11-14-2-6-15(21)7-3-14/h2-10H,11-12H2,1H3/b17-10-. The van der Waals surface area contributed by atoms with Gasteiger partial charge in [-0.15, -0.1) is 0 Å². The predicted molar refractivity (Wildman–Crippen MR) is 115 cm³/mol. The average Bonchev–Trinajstić information content (AvgIpc) is 2.96. The number of halogens is 1. The molecule has 2 aromatic rings. The van der Waals surface area contributed by atoms with E-state index < -0.39 is 5.97 Å².